The van der Waals surface area contributed by atoms with E-state index >= 15 is 0 Å². The van der Waals surface area contributed by atoms with E-state index in [4.69, 9.17) is 5.73 Å². The molecule has 0 saturated heterocycles. The molecule has 0 radical (unpaired) electrons. The summed E-state index contributed by atoms with van der Waals surface area (Å²) < 4.78 is 30.9. The Kier molecular flexibility index (Phi) is 6.30. The number of carbonyl (C=O) groups is 1. The van der Waals surface area contributed by atoms with Crippen LogP contribution < -0.4 is 10.5 Å². The van der Waals surface area contributed by atoms with Gasteiger partial charge in [-0.25, -0.2) is 13.1 Å². The van der Waals surface area contributed by atoms with E-state index in [1.807, 2.05) is 30.3 Å². The Hall–Kier alpha value is -2.22. The van der Waals surface area contributed by atoms with Gasteiger partial charge < -0.3 is 10.5 Å². The predicted molar refractivity (Wildman–Crippen MR) is 96.3 cm³/mol. The summed E-state index contributed by atoms with van der Waals surface area (Å²) in [6.07, 6.45) is 1.20. The lowest BCUT2D eigenvalue weighted by molar-refractivity contribution is -0.139. The van der Waals surface area contributed by atoms with Crippen molar-refractivity contribution in [2.75, 3.05) is 13.4 Å². The van der Waals surface area contributed by atoms with Crippen molar-refractivity contribution >= 4 is 16.0 Å². The zero-order valence-corrected chi connectivity index (χ0v) is 15.0. The quantitative estimate of drug-likeness (QED) is 0.731. The highest BCUT2D eigenvalue weighted by atomic mass is 32.2. The van der Waals surface area contributed by atoms with E-state index < -0.39 is 22.1 Å². The monoisotopic (exact) mass is 362 g/mol. The van der Waals surface area contributed by atoms with Gasteiger partial charge in [0.1, 0.15) is 0 Å². The maximum Gasteiger partial charge on any atom is 0.309 e. The molecule has 6 nitrogen and oxygen atoms in total. The number of esters is 1. The fourth-order valence-corrected chi connectivity index (χ4v) is 3.33. The van der Waals surface area contributed by atoms with Crippen molar-refractivity contribution < 1.29 is 17.9 Å². The van der Waals surface area contributed by atoms with Gasteiger partial charge in [0.25, 0.3) is 0 Å². The van der Waals surface area contributed by atoms with E-state index in [1.54, 1.807) is 24.3 Å². The molecule has 0 amide bonds. The van der Waals surface area contributed by atoms with Crippen LogP contribution in [0, 0.1) is 0 Å². The van der Waals surface area contributed by atoms with E-state index in [-0.39, 0.29) is 12.4 Å². The number of ether oxygens (including phenoxy) is 1. The molecule has 0 aliphatic heterocycles. The van der Waals surface area contributed by atoms with Crippen LogP contribution in [-0.2, 0) is 26.0 Å². The van der Waals surface area contributed by atoms with E-state index in [2.05, 4.69) is 9.46 Å². The highest BCUT2D eigenvalue weighted by Gasteiger charge is 2.25. The fourth-order valence-electron chi connectivity index (χ4n) is 2.58. The first-order valence-corrected chi connectivity index (χ1v) is 9.63. The molecule has 25 heavy (non-hydrogen) atoms. The van der Waals surface area contributed by atoms with Crippen molar-refractivity contribution in [3.63, 3.8) is 0 Å². The normalized spacial score (nSPS) is 13.9. The minimum atomic E-state index is -3.49. The van der Waals surface area contributed by atoms with Crippen LogP contribution in [0.1, 0.15) is 28.8 Å². The van der Waals surface area contributed by atoms with Crippen molar-refractivity contribution in [3.8, 4) is 0 Å². The standard InChI is InChI=1S/C18H22N2O4S/c1-24-16(21)12-13-7-6-10-15(11-13)18(20-25(2,22)23)17(19)14-8-4-3-5-9-14/h3-11,17-18,20H,12,19H2,1-2H3. The summed E-state index contributed by atoms with van der Waals surface area (Å²) in [7, 11) is -2.16. The van der Waals surface area contributed by atoms with E-state index in [1.165, 1.54) is 7.11 Å². The van der Waals surface area contributed by atoms with Crippen molar-refractivity contribution in [2.24, 2.45) is 5.73 Å². The summed E-state index contributed by atoms with van der Waals surface area (Å²) in [5.41, 5.74) is 8.56. The molecule has 2 atom stereocenters. The van der Waals surface area contributed by atoms with Crippen LogP contribution in [-0.4, -0.2) is 27.8 Å². The Balaban J connectivity index is 2.38. The topological polar surface area (TPSA) is 98.5 Å². The van der Waals surface area contributed by atoms with Gasteiger partial charge in [-0.1, -0.05) is 54.6 Å². The van der Waals surface area contributed by atoms with Gasteiger partial charge >= 0.3 is 5.97 Å². The number of benzene rings is 2. The highest BCUT2D eigenvalue weighted by Crippen LogP contribution is 2.28. The molecular weight excluding hydrogens is 340 g/mol. The van der Waals surface area contributed by atoms with Crippen molar-refractivity contribution in [2.45, 2.75) is 18.5 Å². The highest BCUT2D eigenvalue weighted by molar-refractivity contribution is 7.88. The number of hydrogen-bond donors (Lipinski definition) is 2. The van der Waals surface area contributed by atoms with Crippen molar-refractivity contribution in [3.05, 3.63) is 71.3 Å². The van der Waals surface area contributed by atoms with Crippen molar-refractivity contribution in [1.82, 2.24) is 4.72 Å². The maximum atomic E-state index is 11.8. The smallest absolute Gasteiger partial charge is 0.309 e. The molecule has 0 aliphatic carbocycles. The molecule has 2 aromatic rings. The molecule has 2 aromatic carbocycles. The second-order valence-electron chi connectivity index (χ2n) is 5.80. The molecule has 0 aromatic heterocycles. The molecule has 0 fully saturated rings. The first kappa shape index (κ1) is 19.1. The maximum absolute atomic E-state index is 11.8. The molecule has 0 spiro atoms. The summed E-state index contributed by atoms with van der Waals surface area (Å²) in [6.45, 7) is 0. The second kappa shape index (κ2) is 8.24. The zero-order valence-electron chi connectivity index (χ0n) is 14.2. The van der Waals surface area contributed by atoms with Crippen LogP contribution in [0.4, 0.5) is 0 Å². The molecule has 2 rings (SSSR count). The van der Waals surface area contributed by atoms with Crippen LogP contribution in [0.15, 0.2) is 54.6 Å². The van der Waals surface area contributed by atoms with Gasteiger partial charge in [0.05, 0.1) is 31.9 Å². The van der Waals surface area contributed by atoms with Crippen molar-refractivity contribution in [1.29, 1.82) is 0 Å². The lowest BCUT2D eigenvalue weighted by atomic mass is 9.93. The van der Waals surface area contributed by atoms with E-state index in [0.29, 0.717) is 5.56 Å². The number of sulfonamides is 1. The second-order valence-corrected chi connectivity index (χ2v) is 7.58. The molecule has 7 heteroatoms. The Morgan fingerprint density at radius 3 is 2.36 bits per heavy atom. The average molecular weight is 362 g/mol. The molecule has 2 unspecified atom stereocenters. The Morgan fingerprint density at radius 1 is 1.12 bits per heavy atom. The molecule has 3 N–H and O–H groups in total. The molecule has 0 saturated carbocycles. The van der Waals surface area contributed by atoms with Crippen LogP contribution >= 0.6 is 0 Å². The summed E-state index contributed by atoms with van der Waals surface area (Å²) in [5, 5.41) is 0. The number of carbonyl (C=O) groups excluding carboxylic acids is 1. The summed E-state index contributed by atoms with van der Waals surface area (Å²) >= 11 is 0. The Morgan fingerprint density at radius 2 is 1.76 bits per heavy atom. The van der Waals surface area contributed by atoms with Crippen LogP contribution in [0.3, 0.4) is 0 Å². The number of hydrogen-bond acceptors (Lipinski definition) is 5. The lowest BCUT2D eigenvalue weighted by Crippen LogP contribution is -2.35. The SMILES string of the molecule is COC(=O)Cc1cccc(C(NS(C)(=O)=O)C(N)c2ccccc2)c1. The van der Waals surface area contributed by atoms with Gasteiger partial charge in [-0.3, -0.25) is 4.79 Å². The first-order chi connectivity index (χ1) is 11.8. The molecular formula is C18H22N2O4S. The minimum Gasteiger partial charge on any atom is -0.469 e. The Labute approximate surface area is 148 Å². The summed E-state index contributed by atoms with van der Waals surface area (Å²) in [5.74, 6) is -0.364. The van der Waals surface area contributed by atoms with Gasteiger partial charge in [-0.15, -0.1) is 0 Å². The largest absolute Gasteiger partial charge is 0.469 e. The molecule has 0 bridgehead atoms. The molecule has 134 valence electrons. The molecule has 0 aliphatic rings. The third-order valence-corrected chi connectivity index (χ3v) is 4.45. The summed E-state index contributed by atoms with van der Waals surface area (Å²) in [4.78, 5) is 11.5. The predicted octanol–water partition coefficient (Wildman–Crippen LogP) is 1.69. The minimum absolute atomic E-state index is 0.108. The number of nitrogens with one attached hydrogen (secondary N) is 1. The van der Waals surface area contributed by atoms with Gasteiger partial charge in [0.15, 0.2) is 0 Å². The van der Waals surface area contributed by atoms with Gasteiger partial charge in [0, 0.05) is 0 Å². The van der Waals surface area contributed by atoms with Gasteiger partial charge in [0.2, 0.25) is 10.0 Å². The summed E-state index contributed by atoms with van der Waals surface area (Å²) in [6, 6.07) is 15.1. The van der Waals surface area contributed by atoms with Crippen LogP contribution in [0.25, 0.3) is 0 Å². The number of rotatable bonds is 7. The third kappa shape index (κ3) is 5.67. The lowest BCUT2D eigenvalue weighted by Gasteiger charge is -2.25. The Bertz CT molecular complexity index is 822. The fraction of sp³-hybridized carbons (Fsp3) is 0.278. The third-order valence-electron chi connectivity index (χ3n) is 3.77. The average Bonchev–Trinajstić information content (AvgIpc) is 2.59. The number of nitrogens with two attached hydrogens (primary N) is 1. The van der Waals surface area contributed by atoms with E-state index in [9.17, 15) is 13.2 Å². The number of methoxy groups -OCH3 is 1. The zero-order chi connectivity index (χ0) is 18.4. The molecule has 0 heterocycles. The van der Waals surface area contributed by atoms with E-state index in [0.717, 1.165) is 17.4 Å². The first-order valence-electron chi connectivity index (χ1n) is 7.73. The van der Waals surface area contributed by atoms with Gasteiger partial charge in [-0.05, 0) is 16.7 Å². The van der Waals surface area contributed by atoms with Gasteiger partial charge in [-0.2, -0.15) is 0 Å². The van der Waals surface area contributed by atoms with Crippen LogP contribution in [0.5, 0.6) is 0 Å². The van der Waals surface area contributed by atoms with Crippen LogP contribution in [0.2, 0.25) is 0 Å².